The molecule has 188 valence electrons. The van der Waals surface area contributed by atoms with Gasteiger partial charge in [-0.3, -0.25) is 4.79 Å². The van der Waals surface area contributed by atoms with Gasteiger partial charge in [-0.15, -0.1) is 4.31 Å². The molecule has 8 heteroatoms. The molecule has 1 aromatic carbocycles. The van der Waals surface area contributed by atoms with Crippen molar-refractivity contribution in [1.29, 1.82) is 0 Å². The Morgan fingerprint density at radius 3 is 2.76 bits per heavy atom. The standard InChI is InChI=1S/C26H39N3O3S2/c1-4-6-8-20(5-2)18-27-22-13-15-29(16-14-22)34(31)25-12-11-24(33-25)19-28-26(30)21-9-7-10-23(17-21)32-3/h7,9-12,17,20,22,27H,4-6,8,13-16,18-19H2,1-3H3,(H,28,30). The molecule has 2 N–H and O–H groups in total. The van der Waals surface area contributed by atoms with Crippen molar-refractivity contribution in [2.75, 3.05) is 26.7 Å². The second kappa shape index (κ2) is 14.1. The maximum atomic E-state index is 13.1. The van der Waals surface area contributed by atoms with Crippen LogP contribution in [0.4, 0.5) is 0 Å². The van der Waals surface area contributed by atoms with Gasteiger partial charge in [-0.1, -0.05) is 50.5 Å². The van der Waals surface area contributed by atoms with Gasteiger partial charge in [-0.05, 0) is 56.0 Å². The summed E-state index contributed by atoms with van der Waals surface area (Å²) in [6.45, 7) is 7.74. The van der Waals surface area contributed by atoms with Crippen molar-refractivity contribution in [3.8, 4) is 5.75 Å². The van der Waals surface area contributed by atoms with E-state index in [-0.39, 0.29) is 5.91 Å². The Hall–Kier alpha value is -1.58. The molecule has 2 aromatic rings. The number of piperidine rings is 1. The first-order valence-electron chi connectivity index (χ1n) is 12.4. The van der Waals surface area contributed by atoms with Gasteiger partial charge in [0.25, 0.3) is 5.91 Å². The van der Waals surface area contributed by atoms with Crippen LogP contribution in [0.1, 0.15) is 67.6 Å². The Bertz CT molecular complexity index is 884. The zero-order valence-corrected chi connectivity index (χ0v) is 22.3. The lowest BCUT2D eigenvalue weighted by atomic mass is 9.98. The second-order valence-corrected chi connectivity index (χ2v) is 11.8. The molecule has 1 fully saturated rings. The van der Waals surface area contributed by atoms with Crippen molar-refractivity contribution in [3.63, 3.8) is 0 Å². The van der Waals surface area contributed by atoms with E-state index in [2.05, 4.69) is 28.8 Å². The zero-order chi connectivity index (χ0) is 24.3. The first-order chi connectivity index (χ1) is 16.5. The number of ether oxygens (including phenoxy) is 1. The first-order valence-corrected chi connectivity index (χ1v) is 14.4. The topological polar surface area (TPSA) is 76.7 Å². The molecule has 1 aliphatic heterocycles. The SMILES string of the molecule is CCCCC(CC)CNC1CCN([S+]([O-])c2ccc(CNC(=O)c3cccc(OC)c3)s2)CC1. The lowest BCUT2D eigenvalue weighted by Crippen LogP contribution is -2.45. The number of methoxy groups -OCH3 is 1. The lowest BCUT2D eigenvalue weighted by Gasteiger charge is -2.32. The average molecular weight is 506 g/mol. The van der Waals surface area contributed by atoms with Gasteiger partial charge in [-0.25, -0.2) is 0 Å². The van der Waals surface area contributed by atoms with Crippen molar-refractivity contribution in [2.24, 2.45) is 5.92 Å². The van der Waals surface area contributed by atoms with Crippen LogP contribution in [-0.4, -0.2) is 47.6 Å². The van der Waals surface area contributed by atoms with Crippen molar-refractivity contribution in [1.82, 2.24) is 14.9 Å². The van der Waals surface area contributed by atoms with Crippen LogP contribution in [0.3, 0.4) is 0 Å². The number of unbranched alkanes of at least 4 members (excludes halogenated alkanes) is 1. The molecule has 2 unspecified atom stereocenters. The summed E-state index contributed by atoms with van der Waals surface area (Å²) in [5.74, 6) is 1.27. The Morgan fingerprint density at radius 1 is 1.26 bits per heavy atom. The summed E-state index contributed by atoms with van der Waals surface area (Å²) < 4.78 is 21.2. The Kier molecular flexibility index (Phi) is 11.2. The van der Waals surface area contributed by atoms with Crippen LogP contribution in [0.15, 0.2) is 40.6 Å². The predicted octanol–water partition coefficient (Wildman–Crippen LogP) is 4.98. The van der Waals surface area contributed by atoms with Crippen LogP contribution in [0, 0.1) is 5.92 Å². The zero-order valence-electron chi connectivity index (χ0n) is 20.7. The van der Waals surface area contributed by atoms with Crippen LogP contribution in [0.25, 0.3) is 0 Å². The number of hydrogen-bond acceptors (Lipinski definition) is 6. The fraction of sp³-hybridized carbons (Fsp3) is 0.577. The van der Waals surface area contributed by atoms with Gasteiger partial charge in [-0.2, -0.15) is 0 Å². The number of nitrogens with zero attached hydrogens (tertiary/aromatic N) is 1. The molecule has 2 heterocycles. The Labute approximate surface area is 211 Å². The number of amides is 1. The predicted molar refractivity (Wildman–Crippen MR) is 141 cm³/mol. The molecule has 1 aliphatic rings. The minimum absolute atomic E-state index is 0.149. The Morgan fingerprint density at radius 2 is 2.06 bits per heavy atom. The molecule has 2 atom stereocenters. The van der Waals surface area contributed by atoms with Gasteiger partial charge < -0.3 is 19.9 Å². The van der Waals surface area contributed by atoms with E-state index in [1.54, 1.807) is 25.3 Å². The maximum absolute atomic E-state index is 13.1. The summed E-state index contributed by atoms with van der Waals surface area (Å²) in [4.78, 5) is 13.4. The van der Waals surface area contributed by atoms with Crippen LogP contribution < -0.4 is 15.4 Å². The number of carbonyl (C=O) groups excluding carboxylic acids is 1. The van der Waals surface area contributed by atoms with Gasteiger partial charge in [0, 0.05) is 35.6 Å². The van der Waals surface area contributed by atoms with E-state index >= 15 is 0 Å². The normalized spacial score (nSPS) is 16.8. The van der Waals surface area contributed by atoms with Crippen LogP contribution >= 0.6 is 11.3 Å². The monoisotopic (exact) mass is 505 g/mol. The number of nitrogens with one attached hydrogen (secondary N) is 2. The minimum Gasteiger partial charge on any atom is -0.592 e. The summed E-state index contributed by atoms with van der Waals surface area (Å²) in [6.07, 6.45) is 7.18. The van der Waals surface area contributed by atoms with E-state index < -0.39 is 11.4 Å². The maximum Gasteiger partial charge on any atom is 0.251 e. The third-order valence-electron chi connectivity index (χ3n) is 6.49. The third kappa shape index (κ3) is 7.99. The molecule has 0 saturated carbocycles. The number of rotatable bonds is 13. The van der Waals surface area contributed by atoms with Crippen molar-refractivity contribution >= 4 is 28.6 Å². The van der Waals surface area contributed by atoms with Crippen molar-refractivity contribution in [3.05, 3.63) is 46.8 Å². The average Bonchev–Trinajstić information content (AvgIpc) is 3.36. The minimum atomic E-state index is -1.14. The van der Waals surface area contributed by atoms with Gasteiger partial charge in [0.15, 0.2) is 0 Å². The van der Waals surface area contributed by atoms with Gasteiger partial charge in [0.1, 0.15) is 5.75 Å². The fourth-order valence-corrected chi connectivity index (χ4v) is 6.79. The number of thiophene rings is 1. The van der Waals surface area contributed by atoms with Crippen molar-refractivity contribution in [2.45, 2.75) is 69.2 Å². The highest BCUT2D eigenvalue weighted by Gasteiger charge is 2.29. The van der Waals surface area contributed by atoms with E-state index in [4.69, 9.17) is 4.74 Å². The molecule has 1 saturated heterocycles. The van der Waals surface area contributed by atoms with Gasteiger partial charge in [0.2, 0.25) is 4.21 Å². The molecule has 6 nitrogen and oxygen atoms in total. The molecule has 1 amide bonds. The summed E-state index contributed by atoms with van der Waals surface area (Å²) in [7, 11) is 1.58. The second-order valence-electron chi connectivity index (χ2n) is 8.91. The highest BCUT2D eigenvalue weighted by Crippen LogP contribution is 2.27. The lowest BCUT2D eigenvalue weighted by molar-refractivity contribution is 0.0951. The van der Waals surface area contributed by atoms with Crippen LogP contribution in [0.2, 0.25) is 0 Å². The summed E-state index contributed by atoms with van der Waals surface area (Å²) >= 11 is 0.366. The number of benzene rings is 1. The number of hydrogen-bond donors (Lipinski definition) is 2. The fourth-order valence-electron chi connectivity index (χ4n) is 4.21. The molecule has 0 radical (unpaired) electrons. The van der Waals surface area contributed by atoms with Gasteiger partial charge >= 0.3 is 0 Å². The summed E-state index contributed by atoms with van der Waals surface area (Å²) in [5.41, 5.74) is 0.562. The molecule has 0 aliphatic carbocycles. The molecule has 0 spiro atoms. The summed E-state index contributed by atoms with van der Waals surface area (Å²) in [5, 5.41) is 6.70. The van der Waals surface area contributed by atoms with E-state index in [0.717, 1.165) is 47.5 Å². The molecule has 3 rings (SSSR count). The summed E-state index contributed by atoms with van der Waals surface area (Å²) in [6, 6.07) is 11.5. The van der Waals surface area contributed by atoms with E-state index in [0.29, 0.717) is 23.9 Å². The molecule has 34 heavy (non-hydrogen) atoms. The quantitative estimate of drug-likeness (QED) is 0.376. The van der Waals surface area contributed by atoms with Gasteiger partial charge in [0.05, 0.1) is 25.0 Å². The molecular weight excluding hydrogens is 466 g/mol. The largest absolute Gasteiger partial charge is 0.592 e. The van der Waals surface area contributed by atoms with E-state index in [1.807, 2.05) is 18.2 Å². The molecular formula is C26H39N3O3S2. The molecule has 0 bridgehead atoms. The Balaban J connectivity index is 1.42. The highest BCUT2D eigenvalue weighted by atomic mass is 32.2. The smallest absolute Gasteiger partial charge is 0.251 e. The van der Waals surface area contributed by atoms with E-state index in [9.17, 15) is 9.35 Å². The van der Waals surface area contributed by atoms with Crippen LogP contribution in [-0.2, 0) is 17.9 Å². The van der Waals surface area contributed by atoms with Crippen molar-refractivity contribution < 1.29 is 14.1 Å². The van der Waals surface area contributed by atoms with Crippen LogP contribution in [0.5, 0.6) is 5.75 Å². The van der Waals surface area contributed by atoms with E-state index in [1.165, 1.54) is 37.0 Å². The third-order valence-corrected chi connectivity index (χ3v) is 9.36. The number of carbonyl (C=O) groups is 1. The highest BCUT2D eigenvalue weighted by molar-refractivity contribution is 7.91. The molecule has 1 aromatic heterocycles. The first kappa shape index (κ1) is 27.0.